The van der Waals surface area contributed by atoms with Crippen LogP contribution in [0.1, 0.15) is 35.3 Å². The lowest BCUT2D eigenvalue weighted by Crippen LogP contribution is -2.39. The van der Waals surface area contributed by atoms with Crippen molar-refractivity contribution in [1.82, 2.24) is 5.32 Å². The Kier molecular flexibility index (Phi) is 6.42. The van der Waals surface area contributed by atoms with E-state index >= 15 is 0 Å². The molecule has 1 heterocycles. The Morgan fingerprint density at radius 1 is 1.20 bits per heavy atom. The summed E-state index contributed by atoms with van der Waals surface area (Å²) in [7, 11) is 0. The van der Waals surface area contributed by atoms with Crippen LogP contribution in [0.3, 0.4) is 0 Å². The number of aromatic hydroxyl groups is 1. The number of carbonyl (C=O) groups excluding carboxylic acids is 2. The van der Waals surface area contributed by atoms with E-state index in [1.807, 2.05) is 6.92 Å². The van der Waals surface area contributed by atoms with Crippen molar-refractivity contribution in [3.8, 4) is 5.75 Å². The molecule has 0 aliphatic carbocycles. The quantitative estimate of drug-likeness (QED) is 0.458. The first-order chi connectivity index (χ1) is 14.3. The third-order valence-electron chi connectivity index (χ3n) is 4.60. The normalized spacial score (nSPS) is 11.8. The number of nitrogens with one attached hydrogen (secondary N) is 1. The van der Waals surface area contributed by atoms with E-state index in [-0.39, 0.29) is 28.5 Å². The molecule has 0 aliphatic heterocycles. The van der Waals surface area contributed by atoms with E-state index in [1.54, 1.807) is 30.3 Å². The maximum Gasteiger partial charge on any atom is 0.336 e. The van der Waals surface area contributed by atoms with Gasteiger partial charge in [0.2, 0.25) is 0 Å². The van der Waals surface area contributed by atoms with Gasteiger partial charge in [-0.1, -0.05) is 30.7 Å². The van der Waals surface area contributed by atoms with Gasteiger partial charge in [0.1, 0.15) is 24.0 Å². The third kappa shape index (κ3) is 4.63. The Bertz CT molecular complexity index is 1170. The molecular formula is C22H20ClNO6. The van der Waals surface area contributed by atoms with Gasteiger partial charge < -0.3 is 19.6 Å². The summed E-state index contributed by atoms with van der Waals surface area (Å²) in [4.78, 5) is 36.5. The summed E-state index contributed by atoms with van der Waals surface area (Å²) in [6.07, 6.45) is 0.575. The summed E-state index contributed by atoms with van der Waals surface area (Å²) in [6.45, 7) is 3.17. The predicted octanol–water partition coefficient (Wildman–Crippen LogP) is 3.58. The zero-order chi connectivity index (χ0) is 21.8. The molecule has 0 radical (unpaired) electrons. The Balaban J connectivity index is 1.74. The van der Waals surface area contributed by atoms with Crippen LogP contribution in [0.2, 0.25) is 5.02 Å². The van der Waals surface area contributed by atoms with Crippen molar-refractivity contribution in [3.63, 3.8) is 0 Å². The van der Waals surface area contributed by atoms with Gasteiger partial charge in [-0.05, 0) is 37.1 Å². The monoisotopic (exact) mass is 429 g/mol. The van der Waals surface area contributed by atoms with Crippen LogP contribution in [0, 0.1) is 0 Å². The summed E-state index contributed by atoms with van der Waals surface area (Å²) in [5.41, 5.74) is 0.927. The van der Waals surface area contributed by atoms with Gasteiger partial charge >= 0.3 is 11.6 Å². The number of rotatable bonds is 6. The molecule has 3 rings (SSSR count). The standard InChI is InChI=1S/C22H20ClNO6/c1-3-13-8-16-14(9-20(26)30-19(16)10-18(13)25)11-29-22(28)12(2)24-21(27)15-6-4-5-7-17(15)23/h4-10,12,25H,3,11H2,1-2H3,(H,24,27)/t12-/m1/s1. The highest BCUT2D eigenvalue weighted by Crippen LogP contribution is 2.27. The fraction of sp³-hybridized carbons (Fsp3) is 0.227. The molecule has 0 spiro atoms. The summed E-state index contributed by atoms with van der Waals surface area (Å²) < 4.78 is 10.4. The van der Waals surface area contributed by atoms with Crippen molar-refractivity contribution >= 4 is 34.4 Å². The van der Waals surface area contributed by atoms with Gasteiger partial charge in [-0.15, -0.1) is 0 Å². The molecule has 2 N–H and O–H groups in total. The second-order valence-corrected chi connectivity index (χ2v) is 7.11. The Hall–Kier alpha value is -3.32. The third-order valence-corrected chi connectivity index (χ3v) is 4.93. The highest BCUT2D eigenvalue weighted by molar-refractivity contribution is 6.33. The topological polar surface area (TPSA) is 106 Å². The molecule has 0 saturated carbocycles. The molecule has 0 unspecified atom stereocenters. The van der Waals surface area contributed by atoms with E-state index in [0.717, 1.165) is 0 Å². The number of ether oxygens (including phenoxy) is 1. The minimum absolute atomic E-state index is 0.0261. The summed E-state index contributed by atoms with van der Waals surface area (Å²) >= 11 is 6.00. The lowest BCUT2D eigenvalue weighted by atomic mass is 10.0. The second-order valence-electron chi connectivity index (χ2n) is 6.70. The molecule has 156 valence electrons. The van der Waals surface area contributed by atoms with Gasteiger partial charge in [0, 0.05) is 23.1 Å². The largest absolute Gasteiger partial charge is 0.508 e. The van der Waals surface area contributed by atoms with E-state index in [1.165, 1.54) is 19.1 Å². The minimum atomic E-state index is -0.935. The SMILES string of the molecule is CCc1cc2c(COC(=O)[C@@H](C)NC(=O)c3ccccc3Cl)cc(=O)oc2cc1O. The Morgan fingerprint density at radius 2 is 1.93 bits per heavy atom. The van der Waals surface area contributed by atoms with Crippen molar-refractivity contribution in [3.05, 3.63) is 74.6 Å². The van der Waals surface area contributed by atoms with Crippen molar-refractivity contribution in [2.24, 2.45) is 0 Å². The van der Waals surface area contributed by atoms with E-state index in [4.69, 9.17) is 20.8 Å². The van der Waals surface area contributed by atoms with Gasteiger partial charge in [-0.25, -0.2) is 9.59 Å². The van der Waals surface area contributed by atoms with Gasteiger partial charge in [-0.3, -0.25) is 4.79 Å². The smallest absolute Gasteiger partial charge is 0.336 e. The van der Waals surface area contributed by atoms with Crippen LogP contribution in [-0.2, 0) is 22.6 Å². The molecule has 7 nitrogen and oxygen atoms in total. The molecule has 0 fully saturated rings. The number of benzene rings is 2. The number of amides is 1. The fourth-order valence-corrected chi connectivity index (χ4v) is 3.18. The van der Waals surface area contributed by atoms with Gasteiger partial charge in [0.25, 0.3) is 5.91 Å². The van der Waals surface area contributed by atoms with Crippen molar-refractivity contribution < 1.29 is 23.8 Å². The van der Waals surface area contributed by atoms with Gasteiger partial charge in [0.05, 0.1) is 10.6 Å². The molecule has 0 aliphatic rings. The zero-order valence-electron chi connectivity index (χ0n) is 16.4. The number of halogens is 1. The Labute approximate surface area is 177 Å². The van der Waals surface area contributed by atoms with Crippen LogP contribution in [0.5, 0.6) is 5.75 Å². The molecule has 8 heteroatoms. The number of phenolic OH excluding ortho intramolecular Hbond substituents is 1. The number of hydrogen-bond acceptors (Lipinski definition) is 6. The van der Waals surface area contributed by atoms with Crippen LogP contribution < -0.4 is 10.9 Å². The number of esters is 1. The number of phenols is 1. The molecule has 2 aromatic carbocycles. The van der Waals surface area contributed by atoms with Gasteiger partial charge in [-0.2, -0.15) is 0 Å². The minimum Gasteiger partial charge on any atom is -0.508 e. The van der Waals surface area contributed by atoms with Crippen molar-refractivity contribution in [1.29, 1.82) is 0 Å². The first-order valence-electron chi connectivity index (χ1n) is 9.30. The van der Waals surface area contributed by atoms with Crippen molar-refractivity contribution in [2.75, 3.05) is 0 Å². The molecule has 1 atom stereocenters. The van der Waals surface area contributed by atoms with Crippen LogP contribution in [0.15, 0.2) is 51.7 Å². The summed E-state index contributed by atoms with van der Waals surface area (Å²) in [6, 6.07) is 9.85. The average molecular weight is 430 g/mol. The summed E-state index contributed by atoms with van der Waals surface area (Å²) in [5, 5.41) is 13.3. The lowest BCUT2D eigenvalue weighted by molar-refractivity contribution is -0.146. The Morgan fingerprint density at radius 3 is 2.63 bits per heavy atom. The lowest BCUT2D eigenvalue weighted by Gasteiger charge is -2.15. The van der Waals surface area contributed by atoms with Crippen molar-refractivity contribution in [2.45, 2.75) is 32.9 Å². The van der Waals surface area contributed by atoms with Crippen LogP contribution in [0.25, 0.3) is 11.0 Å². The van der Waals surface area contributed by atoms with E-state index in [0.29, 0.717) is 22.9 Å². The van der Waals surface area contributed by atoms with E-state index in [9.17, 15) is 19.5 Å². The molecule has 0 bridgehead atoms. The van der Waals surface area contributed by atoms with Crippen LogP contribution >= 0.6 is 11.6 Å². The number of aryl methyl sites for hydroxylation is 1. The fourth-order valence-electron chi connectivity index (χ4n) is 2.96. The number of hydrogen-bond donors (Lipinski definition) is 2. The molecular weight excluding hydrogens is 410 g/mol. The highest BCUT2D eigenvalue weighted by atomic mass is 35.5. The average Bonchev–Trinajstić information content (AvgIpc) is 2.71. The first kappa shape index (κ1) is 21.4. The van der Waals surface area contributed by atoms with E-state index in [2.05, 4.69) is 5.32 Å². The molecule has 1 aromatic heterocycles. The number of fused-ring (bicyclic) bond motifs is 1. The maximum atomic E-state index is 12.4. The highest BCUT2D eigenvalue weighted by Gasteiger charge is 2.20. The molecule has 0 saturated heterocycles. The molecule has 1 amide bonds. The van der Waals surface area contributed by atoms with Crippen LogP contribution in [-0.4, -0.2) is 23.0 Å². The molecule has 3 aromatic rings. The number of carbonyl (C=O) groups is 2. The second kappa shape index (κ2) is 9.00. The predicted molar refractivity (Wildman–Crippen MR) is 112 cm³/mol. The van der Waals surface area contributed by atoms with Crippen LogP contribution in [0.4, 0.5) is 0 Å². The first-order valence-corrected chi connectivity index (χ1v) is 9.68. The summed E-state index contributed by atoms with van der Waals surface area (Å²) in [5.74, 6) is -1.15. The van der Waals surface area contributed by atoms with Gasteiger partial charge in [0.15, 0.2) is 0 Å². The zero-order valence-corrected chi connectivity index (χ0v) is 17.2. The molecule has 30 heavy (non-hydrogen) atoms. The van der Waals surface area contributed by atoms with E-state index < -0.39 is 23.5 Å². The maximum absolute atomic E-state index is 12.4.